The molecular formula is C38H21N3OS. The van der Waals surface area contributed by atoms with Gasteiger partial charge in [0, 0.05) is 41.9 Å². The minimum absolute atomic E-state index is 0.685. The lowest BCUT2D eigenvalue weighted by Crippen LogP contribution is -2.02. The van der Waals surface area contributed by atoms with E-state index in [-0.39, 0.29) is 0 Å². The van der Waals surface area contributed by atoms with Gasteiger partial charge in [-0.15, -0.1) is 11.3 Å². The zero-order chi connectivity index (χ0) is 28.1. The average molecular weight is 568 g/mol. The van der Waals surface area contributed by atoms with Crippen molar-refractivity contribution in [3.8, 4) is 17.2 Å². The van der Waals surface area contributed by atoms with Crippen LogP contribution in [0.1, 0.15) is 0 Å². The van der Waals surface area contributed by atoms with Crippen LogP contribution >= 0.6 is 11.3 Å². The van der Waals surface area contributed by atoms with Gasteiger partial charge >= 0.3 is 0 Å². The van der Waals surface area contributed by atoms with Crippen molar-refractivity contribution < 1.29 is 4.42 Å². The molecule has 10 aromatic rings. The second-order valence-electron chi connectivity index (χ2n) is 11.0. The molecule has 0 amide bonds. The summed E-state index contributed by atoms with van der Waals surface area (Å²) in [5.74, 6) is 1.44. The monoisotopic (exact) mass is 567 g/mol. The summed E-state index contributed by atoms with van der Waals surface area (Å²) in [7, 11) is 0. The maximum atomic E-state index is 6.58. The van der Waals surface area contributed by atoms with Crippen LogP contribution in [0, 0.1) is 0 Å². The molecule has 43 heavy (non-hydrogen) atoms. The summed E-state index contributed by atoms with van der Waals surface area (Å²) >= 11 is 1.79. The molecule has 0 unspecified atom stereocenters. The first-order chi connectivity index (χ1) is 21.3. The number of para-hydroxylation sites is 2. The lowest BCUT2D eigenvalue weighted by molar-refractivity contribution is 0.662. The van der Waals surface area contributed by atoms with E-state index in [1.807, 2.05) is 18.2 Å². The number of aromatic nitrogens is 3. The van der Waals surface area contributed by atoms with Crippen molar-refractivity contribution in [2.75, 3.05) is 0 Å². The van der Waals surface area contributed by atoms with Crippen molar-refractivity contribution >= 4 is 86.2 Å². The third-order valence-corrected chi connectivity index (χ3v) is 9.82. The number of hydrogen-bond acceptors (Lipinski definition) is 4. The molecule has 0 fully saturated rings. The van der Waals surface area contributed by atoms with Gasteiger partial charge in [0.25, 0.3) is 0 Å². The maximum absolute atomic E-state index is 6.58. The van der Waals surface area contributed by atoms with E-state index in [9.17, 15) is 0 Å². The molecule has 0 aliphatic heterocycles. The van der Waals surface area contributed by atoms with E-state index in [0.29, 0.717) is 11.4 Å². The Labute approximate surface area is 249 Å². The number of benzene rings is 6. The SMILES string of the molecule is c1ccc2cc3c(cc2c1)c1ccccc1n3-c1nc(-c2cccc3c2sc2ccccc23)nc2c1oc1ccccc12. The maximum Gasteiger partial charge on any atom is 0.197 e. The van der Waals surface area contributed by atoms with Crippen molar-refractivity contribution in [1.29, 1.82) is 0 Å². The zero-order valence-corrected chi connectivity index (χ0v) is 23.6. The van der Waals surface area contributed by atoms with Crippen LogP contribution in [-0.2, 0) is 0 Å². The molecule has 0 aliphatic carbocycles. The van der Waals surface area contributed by atoms with Crippen LogP contribution in [0.5, 0.6) is 0 Å². The van der Waals surface area contributed by atoms with Crippen LogP contribution in [0.4, 0.5) is 0 Å². The summed E-state index contributed by atoms with van der Waals surface area (Å²) in [6.45, 7) is 0. The highest BCUT2D eigenvalue weighted by Gasteiger charge is 2.23. The smallest absolute Gasteiger partial charge is 0.197 e. The van der Waals surface area contributed by atoms with Crippen molar-refractivity contribution in [3.63, 3.8) is 0 Å². The van der Waals surface area contributed by atoms with E-state index in [2.05, 4.69) is 114 Å². The third kappa shape index (κ3) is 3.20. The van der Waals surface area contributed by atoms with Crippen molar-refractivity contribution in [2.45, 2.75) is 0 Å². The van der Waals surface area contributed by atoms with Gasteiger partial charge < -0.3 is 4.42 Å². The van der Waals surface area contributed by atoms with Gasteiger partial charge in [-0.1, -0.05) is 84.9 Å². The quantitative estimate of drug-likeness (QED) is 0.209. The number of furan rings is 1. The summed E-state index contributed by atoms with van der Waals surface area (Å²) in [5, 5.41) is 8.23. The van der Waals surface area contributed by atoms with Gasteiger partial charge in [-0.05, 0) is 53.2 Å². The molecule has 200 valence electrons. The largest absolute Gasteiger partial charge is 0.450 e. The first-order valence-corrected chi connectivity index (χ1v) is 15.2. The molecule has 4 aromatic heterocycles. The third-order valence-electron chi connectivity index (χ3n) is 8.60. The van der Waals surface area contributed by atoms with Gasteiger partial charge in [-0.2, -0.15) is 0 Å². The predicted molar refractivity (Wildman–Crippen MR) is 179 cm³/mol. The lowest BCUT2D eigenvalue weighted by Gasteiger charge is -2.11. The fraction of sp³-hybridized carbons (Fsp3) is 0. The van der Waals surface area contributed by atoms with Gasteiger partial charge in [-0.3, -0.25) is 4.57 Å². The molecule has 0 aliphatic rings. The van der Waals surface area contributed by atoms with Crippen LogP contribution in [0.2, 0.25) is 0 Å². The van der Waals surface area contributed by atoms with E-state index in [4.69, 9.17) is 14.4 Å². The minimum Gasteiger partial charge on any atom is -0.450 e. The van der Waals surface area contributed by atoms with Gasteiger partial charge in [0.15, 0.2) is 17.2 Å². The van der Waals surface area contributed by atoms with E-state index >= 15 is 0 Å². The van der Waals surface area contributed by atoms with Gasteiger partial charge in [0.05, 0.1) is 11.0 Å². The Morgan fingerprint density at radius 3 is 2.19 bits per heavy atom. The highest BCUT2D eigenvalue weighted by atomic mass is 32.1. The molecule has 0 atom stereocenters. The van der Waals surface area contributed by atoms with E-state index in [1.54, 1.807) is 11.3 Å². The highest BCUT2D eigenvalue weighted by Crippen LogP contribution is 2.42. The molecular weight excluding hydrogens is 547 g/mol. The Morgan fingerprint density at radius 1 is 0.558 bits per heavy atom. The molecule has 0 radical (unpaired) electrons. The summed E-state index contributed by atoms with van der Waals surface area (Å²) in [4.78, 5) is 10.6. The predicted octanol–water partition coefficient (Wildman–Crippen LogP) is 10.7. The second kappa shape index (κ2) is 8.51. The first-order valence-electron chi connectivity index (χ1n) is 14.3. The topological polar surface area (TPSA) is 43.9 Å². The van der Waals surface area contributed by atoms with Crippen LogP contribution in [-0.4, -0.2) is 14.5 Å². The highest BCUT2D eigenvalue weighted by molar-refractivity contribution is 7.26. The molecule has 0 saturated heterocycles. The summed E-state index contributed by atoms with van der Waals surface area (Å²) in [5.41, 5.74) is 5.50. The van der Waals surface area contributed by atoms with Crippen LogP contribution < -0.4 is 0 Å². The van der Waals surface area contributed by atoms with Gasteiger partial charge in [0.2, 0.25) is 0 Å². The molecule has 0 saturated carbocycles. The number of fused-ring (bicyclic) bond motifs is 10. The number of hydrogen-bond donors (Lipinski definition) is 0. The summed E-state index contributed by atoms with van der Waals surface area (Å²) in [6, 6.07) is 44.8. The normalized spacial score (nSPS) is 12.2. The Balaban J connectivity index is 1.38. The van der Waals surface area contributed by atoms with Crippen LogP contribution in [0.3, 0.4) is 0 Å². The second-order valence-corrected chi connectivity index (χ2v) is 12.0. The zero-order valence-electron chi connectivity index (χ0n) is 22.8. The molecule has 4 nitrogen and oxygen atoms in total. The molecule has 0 bridgehead atoms. The number of rotatable bonds is 2. The number of thiophene rings is 1. The Hall–Kier alpha value is -5.52. The minimum atomic E-state index is 0.685. The Kier molecular flexibility index (Phi) is 4.57. The summed E-state index contributed by atoms with van der Waals surface area (Å²) in [6.07, 6.45) is 0. The van der Waals surface area contributed by atoms with Crippen molar-refractivity contribution in [2.24, 2.45) is 0 Å². The van der Waals surface area contributed by atoms with E-state index in [1.165, 1.54) is 41.7 Å². The molecule has 4 heterocycles. The van der Waals surface area contributed by atoms with E-state index < -0.39 is 0 Å². The lowest BCUT2D eigenvalue weighted by atomic mass is 10.1. The average Bonchev–Trinajstić information content (AvgIpc) is 3.73. The molecule has 0 N–H and O–H groups in total. The molecule has 0 spiro atoms. The van der Waals surface area contributed by atoms with Crippen molar-refractivity contribution in [1.82, 2.24) is 14.5 Å². The fourth-order valence-electron chi connectivity index (χ4n) is 6.66. The van der Waals surface area contributed by atoms with Gasteiger partial charge in [-0.25, -0.2) is 9.97 Å². The Morgan fingerprint density at radius 2 is 1.28 bits per heavy atom. The van der Waals surface area contributed by atoms with Crippen LogP contribution in [0.25, 0.3) is 92.0 Å². The number of nitrogens with zero attached hydrogens (tertiary/aromatic N) is 3. The molecule has 5 heteroatoms. The van der Waals surface area contributed by atoms with Gasteiger partial charge in [0.1, 0.15) is 11.1 Å². The van der Waals surface area contributed by atoms with Crippen molar-refractivity contribution in [3.05, 3.63) is 127 Å². The summed E-state index contributed by atoms with van der Waals surface area (Å²) < 4.78 is 11.3. The first kappa shape index (κ1) is 23.1. The standard InChI is InChI=1S/C38H21N3OS/c1-2-11-23-21-31-29(20-22(23)10-1)24-12-3-6-17-30(24)41(31)38-35-34(27-14-4-7-18-32(27)42-35)39-37(40-38)28-16-9-15-26-25-13-5-8-19-33(25)43-36(26)28/h1-21H. The van der Waals surface area contributed by atoms with E-state index in [0.717, 1.165) is 38.9 Å². The Bertz CT molecular complexity index is 2750. The molecule has 6 aromatic carbocycles. The molecule has 10 rings (SSSR count). The fourth-order valence-corrected chi connectivity index (χ4v) is 7.87. The van der Waals surface area contributed by atoms with Crippen LogP contribution in [0.15, 0.2) is 132 Å².